The van der Waals surface area contributed by atoms with Crippen LogP contribution < -0.4 is 5.73 Å². The summed E-state index contributed by atoms with van der Waals surface area (Å²) in [5.41, 5.74) is 5.51. The van der Waals surface area contributed by atoms with Gasteiger partial charge in [0.15, 0.2) is 0 Å². The molecule has 0 aliphatic carbocycles. The fourth-order valence-corrected chi connectivity index (χ4v) is 1.83. The molecule has 3 atom stereocenters. The van der Waals surface area contributed by atoms with Crippen LogP contribution in [0.2, 0.25) is 0 Å². The Hall–Kier alpha value is -0.610. The maximum Gasteiger partial charge on any atom is 0.239 e. The number of carbonyl (C=O) groups excluding carboxylic acids is 1. The quantitative estimate of drug-likeness (QED) is 0.622. The lowest BCUT2D eigenvalue weighted by Crippen LogP contribution is -2.47. The highest BCUT2D eigenvalue weighted by molar-refractivity contribution is 5.81. The molecule has 1 aliphatic rings. The molecule has 1 saturated heterocycles. The Morgan fingerprint density at radius 2 is 2.23 bits per heavy atom. The second-order valence-electron chi connectivity index (χ2n) is 3.77. The van der Waals surface area contributed by atoms with Crippen molar-refractivity contribution in [2.45, 2.75) is 44.9 Å². The van der Waals surface area contributed by atoms with Crippen molar-refractivity contribution < 1.29 is 9.90 Å². The molecule has 0 aromatic heterocycles. The van der Waals surface area contributed by atoms with Crippen LogP contribution >= 0.6 is 0 Å². The summed E-state index contributed by atoms with van der Waals surface area (Å²) in [7, 11) is 0. The van der Waals surface area contributed by atoms with Gasteiger partial charge in [-0.05, 0) is 26.7 Å². The van der Waals surface area contributed by atoms with Gasteiger partial charge in [-0.1, -0.05) is 0 Å². The summed E-state index contributed by atoms with van der Waals surface area (Å²) in [6.45, 7) is 4.13. The van der Waals surface area contributed by atoms with E-state index in [1.165, 1.54) is 0 Å². The lowest BCUT2D eigenvalue weighted by atomic mass is 10.1. The van der Waals surface area contributed by atoms with Crippen molar-refractivity contribution in [1.29, 1.82) is 0 Å². The van der Waals surface area contributed by atoms with Crippen molar-refractivity contribution in [3.05, 3.63) is 0 Å². The van der Waals surface area contributed by atoms with Gasteiger partial charge >= 0.3 is 0 Å². The number of likely N-dealkylation sites (tertiary alicyclic amines) is 1. The molecule has 0 spiro atoms. The lowest BCUT2D eigenvalue weighted by molar-refractivity contribution is -0.134. The first-order valence-electron chi connectivity index (χ1n) is 4.78. The molecule has 0 aromatic rings. The van der Waals surface area contributed by atoms with Crippen molar-refractivity contribution in [2.24, 2.45) is 5.73 Å². The predicted octanol–water partition coefficient (Wildman–Crippen LogP) is -0.295. The maximum atomic E-state index is 11.5. The molecule has 0 saturated carbocycles. The Morgan fingerprint density at radius 3 is 2.69 bits per heavy atom. The van der Waals surface area contributed by atoms with Gasteiger partial charge in [0.25, 0.3) is 0 Å². The highest BCUT2D eigenvalue weighted by Gasteiger charge is 2.32. The van der Waals surface area contributed by atoms with Crippen LogP contribution in [0.3, 0.4) is 0 Å². The molecular weight excluding hydrogens is 168 g/mol. The van der Waals surface area contributed by atoms with Crippen LogP contribution in [0.1, 0.15) is 26.7 Å². The van der Waals surface area contributed by atoms with E-state index in [9.17, 15) is 9.90 Å². The van der Waals surface area contributed by atoms with E-state index in [0.717, 1.165) is 19.4 Å². The molecule has 1 fully saturated rings. The second kappa shape index (κ2) is 4.07. The first-order chi connectivity index (χ1) is 6.04. The van der Waals surface area contributed by atoms with Crippen molar-refractivity contribution in [3.63, 3.8) is 0 Å². The van der Waals surface area contributed by atoms with Gasteiger partial charge in [-0.25, -0.2) is 0 Å². The Kier molecular flexibility index (Phi) is 3.27. The fraction of sp³-hybridized carbons (Fsp3) is 0.889. The van der Waals surface area contributed by atoms with Crippen LogP contribution in [0.5, 0.6) is 0 Å². The molecular formula is C9H18N2O2. The van der Waals surface area contributed by atoms with Crippen molar-refractivity contribution in [2.75, 3.05) is 6.54 Å². The molecule has 1 heterocycles. The highest BCUT2D eigenvalue weighted by atomic mass is 16.3. The summed E-state index contributed by atoms with van der Waals surface area (Å²) in [5, 5.41) is 9.42. The molecule has 1 amide bonds. The number of rotatable bonds is 2. The van der Waals surface area contributed by atoms with Gasteiger partial charge in [0.05, 0.1) is 18.2 Å². The van der Waals surface area contributed by atoms with Gasteiger partial charge < -0.3 is 15.7 Å². The molecule has 13 heavy (non-hydrogen) atoms. The highest BCUT2D eigenvalue weighted by Crippen LogP contribution is 2.20. The fourth-order valence-electron chi connectivity index (χ4n) is 1.83. The summed E-state index contributed by atoms with van der Waals surface area (Å²) < 4.78 is 0. The summed E-state index contributed by atoms with van der Waals surface area (Å²) >= 11 is 0. The van der Waals surface area contributed by atoms with Crippen LogP contribution in [-0.4, -0.2) is 40.6 Å². The SMILES string of the molecule is C[C@H](N)C(=O)N1CCC[C@@H]1[C@@H](C)O. The van der Waals surface area contributed by atoms with Gasteiger partial charge in [-0.15, -0.1) is 0 Å². The third-order valence-electron chi connectivity index (χ3n) is 2.53. The Labute approximate surface area is 78.7 Å². The first kappa shape index (κ1) is 10.5. The van der Waals surface area contributed by atoms with E-state index in [0.29, 0.717) is 0 Å². The predicted molar refractivity (Wildman–Crippen MR) is 50.1 cm³/mol. The van der Waals surface area contributed by atoms with Crippen LogP contribution in [0.4, 0.5) is 0 Å². The molecule has 76 valence electrons. The molecule has 0 aromatic carbocycles. The number of aliphatic hydroxyl groups excluding tert-OH is 1. The minimum Gasteiger partial charge on any atom is -0.391 e. The number of amides is 1. The molecule has 4 nitrogen and oxygen atoms in total. The number of nitrogens with zero attached hydrogens (tertiary/aromatic N) is 1. The van der Waals surface area contributed by atoms with Gasteiger partial charge in [0.1, 0.15) is 0 Å². The normalized spacial score (nSPS) is 27.4. The van der Waals surface area contributed by atoms with E-state index in [1.807, 2.05) is 0 Å². The minimum absolute atomic E-state index is 0.0292. The summed E-state index contributed by atoms with van der Waals surface area (Å²) in [6.07, 6.45) is 1.40. The number of aliphatic hydroxyl groups is 1. The zero-order chi connectivity index (χ0) is 10.0. The molecule has 1 rings (SSSR count). The molecule has 0 bridgehead atoms. The largest absolute Gasteiger partial charge is 0.391 e. The summed E-state index contributed by atoms with van der Waals surface area (Å²) in [4.78, 5) is 13.3. The minimum atomic E-state index is -0.459. The average Bonchev–Trinajstić information content (AvgIpc) is 2.50. The molecule has 0 radical (unpaired) electrons. The van der Waals surface area contributed by atoms with Crippen molar-refractivity contribution in [1.82, 2.24) is 4.90 Å². The van der Waals surface area contributed by atoms with E-state index in [1.54, 1.807) is 18.7 Å². The van der Waals surface area contributed by atoms with Crippen LogP contribution in [-0.2, 0) is 4.79 Å². The first-order valence-corrected chi connectivity index (χ1v) is 4.78. The second-order valence-corrected chi connectivity index (χ2v) is 3.77. The summed E-state index contributed by atoms with van der Waals surface area (Å²) in [5.74, 6) is -0.0524. The third kappa shape index (κ3) is 2.19. The molecule has 1 aliphatic heterocycles. The smallest absolute Gasteiger partial charge is 0.239 e. The monoisotopic (exact) mass is 186 g/mol. The standard InChI is InChI=1S/C9H18N2O2/c1-6(10)9(13)11-5-3-4-8(11)7(2)12/h6-8,12H,3-5,10H2,1-2H3/t6-,7+,8+/m0/s1. The van der Waals surface area contributed by atoms with Crippen LogP contribution in [0, 0.1) is 0 Å². The van der Waals surface area contributed by atoms with Crippen LogP contribution in [0.25, 0.3) is 0 Å². The number of nitrogens with two attached hydrogens (primary N) is 1. The van der Waals surface area contributed by atoms with Crippen LogP contribution in [0.15, 0.2) is 0 Å². The zero-order valence-electron chi connectivity index (χ0n) is 8.23. The zero-order valence-corrected chi connectivity index (χ0v) is 8.23. The van der Waals surface area contributed by atoms with E-state index in [2.05, 4.69) is 0 Å². The van der Waals surface area contributed by atoms with E-state index >= 15 is 0 Å². The van der Waals surface area contributed by atoms with Crippen molar-refractivity contribution >= 4 is 5.91 Å². The maximum absolute atomic E-state index is 11.5. The Balaban J connectivity index is 2.63. The van der Waals surface area contributed by atoms with Gasteiger partial charge in [-0.2, -0.15) is 0 Å². The third-order valence-corrected chi connectivity index (χ3v) is 2.53. The summed E-state index contributed by atoms with van der Waals surface area (Å²) in [6, 6.07) is -0.488. The van der Waals surface area contributed by atoms with Gasteiger partial charge in [0.2, 0.25) is 5.91 Å². The molecule has 0 unspecified atom stereocenters. The number of carbonyl (C=O) groups is 1. The molecule has 4 heteroatoms. The Morgan fingerprint density at radius 1 is 1.62 bits per heavy atom. The lowest BCUT2D eigenvalue weighted by Gasteiger charge is -2.28. The average molecular weight is 186 g/mol. The number of hydrogen-bond acceptors (Lipinski definition) is 3. The topological polar surface area (TPSA) is 66.6 Å². The van der Waals surface area contributed by atoms with E-state index in [4.69, 9.17) is 5.73 Å². The van der Waals surface area contributed by atoms with E-state index in [-0.39, 0.29) is 11.9 Å². The molecule has 3 N–H and O–H groups in total. The van der Waals surface area contributed by atoms with Crippen molar-refractivity contribution in [3.8, 4) is 0 Å². The van der Waals surface area contributed by atoms with Gasteiger partial charge in [0, 0.05) is 6.54 Å². The van der Waals surface area contributed by atoms with Gasteiger partial charge in [-0.3, -0.25) is 4.79 Å². The Bertz CT molecular complexity index is 192. The number of hydrogen-bond donors (Lipinski definition) is 2. The van der Waals surface area contributed by atoms with E-state index < -0.39 is 12.1 Å².